The molecule has 0 saturated carbocycles. The molecule has 2 rings (SSSR count). The molecule has 1 heterocycles. The van der Waals surface area contributed by atoms with Crippen LogP contribution in [0.1, 0.15) is 16.5 Å². The van der Waals surface area contributed by atoms with Gasteiger partial charge in [-0.05, 0) is 52.2 Å². The Morgan fingerprint density at radius 2 is 2.18 bits per heavy atom. The SMILES string of the molecule is NC(Cc1cc(F)ccc1Cl)c1cc(Br)cs1. The lowest BCUT2D eigenvalue weighted by Gasteiger charge is -2.11. The quantitative estimate of drug-likeness (QED) is 0.876. The molecule has 1 aromatic heterocycles. The van der Waals surface area contributed by atoms with E-state index < -0.39 is 0 Å². The van der Waals surface area contributed by atoms with Gasteiger partial charge in [0.15, 0.2) is 0 Å². The van der Waals surface area contributed by atoms with E-state index in [4.69, 9.17) is 17.3 Å². The van der Waals surface area contributed by atoms with Gasteiger partial charge in [0.1, 0.15) is 5.82 Å². The van der Waals surface area contributed by atoms with Crippen LogP contribution in [0.4, 0.5) is 4.39 Å². The van der Waals surface area contributed by atoms with Crippen molar-refractivity contribution in [3.05, 3.63) is 55.4 Å². The van der Waals surface area contributed by atoms with E-state index in [1.165, 1.54) is 12.1 Å². The third-order valence-corrected chi connectivity index (χ3v) is 4.59. The topological polar surface area (TPSA) is 26.0 Å². The second kappa shape index (κ2) is 5.48. The zero-order valence-electron chi connectivity index (χ0n) is 8.79. The van der Waals surface area contributed by atoms with E-state index in [2.05, 4.69) is 15.9 Å². The lowest BCUT2D eigenvalue weighted by molar-refractivity contribution is 0.622. The van der Waals surface area contributed by atoms with Crippen LogP contribution in [-0.2, 0) is 6.42 Å². The summed E-state index contributed by atoms with van der Waals surface area (Å²) in [6, 6.07) is 6.15. The van der Waals surface area contributed by atoms with Gasteiger partial charge < -0.3 is 5.73 Å². The summed E-state index contributed by atoms with van der Waals surface area (Å²) >= 11 is 11.0. The van der Waals surface area contributed by atoms with E-state index >= 15 is 0 Å². The van der Waals surface area contributed by atoms with Gasteiger partial charge in [-0.15, -0.1) is 11.3 Å². The molecule has 1 aromatic carbocycles. The van der Waals surface area contributed by atoms with Gasteiger partial charge in [-0.3, -0.25) is 0 Å². The van der Waals surface area contributed by atoms with E-state index in [0.29, 0.717) is 11.4 Å². The summed E-state index contributed by atoms with van der Waals surface area (Å²) in [5, 5.41) is 2.53. The van der Waals surface area contributed by atoms with E-state index in [9.17, 15) is 4.39 Å². The number of hydrogen-bond donors (Lipinski definition) is 1. The van der Waals surface area contributed by atoms with Crippen molar-refractivity contribution in [3.63, 3.8) is 0 Å². The minimum atomic E-state index is -0.288. The Balaban J connectivity index is 2.18. The second-order valence-corrected chi connectivity index (χ2v) is 5.98. The van der Waals surface area contributed by atoms with Crippen LogP contribution in [0, 0.1) is 5.82 Å². The molecule has 0 aliphatic heterocycles. The molecule has 1 nitrogen and oxygen atoms in total. The highest BCUT2D eigenvalue weighted by atomic mass is 79.9. The molecule has 17 heavy (non-hydrogen) atoms. The number of hydrogen-bond acceptors (Lipinski definition) is 2. The van der Waals surface area contributed by atoms with E-state index in [1.807, 2.05) is 11.4 Å². The number of rotatable bonds is 3. The molecule has 0 bridgehead atoms. The highest BCUT2D eigenvalue weighted by molar-refractivity contribution is 9.10. The zero-order valence-corrected chi connectivity index (χ0v) is 11.9. The molecule has 1 unspecified atom stereocenters. The number of halogens is 3. The normalized spacial score (nSPS) is 12.7. The Morgan fingerprint density at radius 3 is 2.82 bits per heavy atom. The predicted octanol–water partition coefficient (Wildman–Crippen LogP) is 4.55. The van der Waals surface area contributed by atoms with Gasteiger partial charge in [-0.25, -0.2) is 4.39 Å². The molecular formula is C12H10BrClFNS. The summed E-state index contributed by atoms with van der Waals surface area (Å²) in [7, 11) is 0. The van der Waals surface area contributed by atoms with E-state index in [-0.39, 0.29) is 11.9 Å². The Kier molecular flexibility index (Phi) is 4.20. The molecule has 0 amide bonds. The number of nitrogens with two attached hydrogens (primary N) is 1. The van der Waals surface area contributed by atoms with E-state index in [0.717, 1.165) is 14.9 Å². The summed E-state index contributed by atoms with van der Waals surface area (Å²) < 4.78 is 14.1. The standard InChI is InChI=1S/C12H10BrClFNS/c13-8-5-12(17-6-8)11(16)4-7-3-9(15)1-2-10(7)14/h1-3,5-6,11H,4,16H2. The van der Waals surface area contributed by atoms with Crippen molar-refractivity contribution >= 4 is 38.9 Å². The maximum atomic E-state index is 13.1. The van der Waals surface area contributed by atoms with Gasteiger partial charge in [0.2, 0.25) is 0 Å². The fourth-order valence-corrected chi connectivity index (χ4v) is 3.20. The van der Waals surface area contributed by atoms with Crippen LogP contribution < -0.4 is 5.73 Å². The Labute approximate surface area is 117 Å². The average Bonchev–Trinajstić information content (AvgIpc) is 2.70. The largest absolute Gasteiger partial charge is 0.323 e. The summed E-state index contributed by atoms with van der Waals surface area (Å²) in [5.41, 5.74) is 6.81. The average molecular weight is 335 g/mol. The molecule has 5 heteroatoms. The first-order valence-electron chi connectivity index (χ1n) is 4.99. The van der Waals surface area contributed by atoms with E-state index in [1.54, 1.807) is 17.4 Å². The minimum absolute atomic E-state index is 0.161. The van der Waals surface area contributed by atoms with Crippen LogP contribution in [0.2, 0.25) is 5.02 Å². The van der Waals surface area contributed by atoms with Crippen LogP contribution >= 0.6 is 38.9 Å². The van der Waals surface area contributed by atoms with Gasteiger partial charge >= 0.3 is 0 Å². The van der Waals surface area contributed by atoms with Gasteiger partial charge in [-0.2, -0.15) is 0 Å². The maximum absolute atomic E-state index is 13.1. The second-order valence-electron chi connectivity index (χ2n) is 3.71. The monoisotopic (exact) mass is 333 g/mol. The molecule has 2 N–H and O–H groups in total. The highest BCUT2D eigenvalue weighted by Gasteiger charge is 2.12. The molecule has 0 aliphatic rings. The van der Waals surface area contributed by atoms with Crippen molar-refractivity contribution in [3.8, 4) is 0 Å². The Hall–Kier alpha value is -0.420. The Morgan fingerprint density at radius 1 is 1.41 bits per heavy atom. The van der Waals surface area contributed by atoms with Crippen molar-refractivity contribution < 1.29 is 4.39 Å². The summed E-state index contributed by atoms with van der Waals surface area (Å²) in [5.74, 6) is -0.288. The van der Waals surface area contributed by atoms with Crippen molar-refractivity contribution in [1.29, 1.82) is 0 Å². The molecule has 90 valence electrons. The van der Waals surface area contributed by atoms with Gasteiger partial charge in [0.05, 0.1) is 0 Å². The first-order chi connectivity index (χ1) is 8.06. The van der Waals surface area contributed by atoms with Gasteiger partial charge in [-0.1, -0.05) is 11.6 Å². The highest BCUT2D eigenvalue weighted by Crippen LogP contribution is 2.28. The molecule has 0 aliphatic carbocycles. The van der Waals surface area contributed by atoms with Crippen molar-refractivity contribution in [2.45, 2.75) is 12.5 Å². The third kappa shape index (κ3) is 3.28. The van der Waals surface area contributed by atoms with Crippen molar-refractivity contribution in [2.24, 2.45) is 5.73 Å². The zero-order chi connectivity index (χ0) is 12.4. The first kappa shape index (κ1) is 13.0. The van der Waals surface area contributed by atoms with Gasteiger partial charge in [0, 0.05) is 25.8 Å². The van der Waals surface area contributed by atoms with Crippen molar-refractivity contribution in [2.75, 3.05) is 0 Å². The van der Waals surface area contributed by atoms with Crippen molar-refractivity contribution in [1.82, 2.24) is 0 Å². The smallest absolute Gasteiger partial charge is 0.123 e. The first-order valence-corrected chi connectivity index (χ1v) is 7.05. The molecular weight excluding hydrogens is 325 g/mol. The van der Waals surface area contributed by atoms with Crippen LogP contribution in [0.3, 0.4) is 0 Å². The summed E-state index contributed by atoms with van der Waals surface area (Å²) in [6.07, 6.45) is 0.531. The maximum Gasteiger partial charge on any atom is 0.123 e. The van der Waals surface area contributed by atoms with Gasteiger partial charge in [0.25, 0.3) is 0 Å². The molecule has 0 saturated heterocycles. The van der Waals surface area contributed by atoms with Crippen LogP contribution in [-0.4, -0.2) is 0 Å². The predicted molar refractivity (Wildman–Crippen MR) is 74.1 cm³/mol. The summed E-state index contributed by atoms with van der Waals surface area (Å²) in [4.78, 5) is 1.05. The van der Waals surface area contributed by atoms with Crippen LogP contribution in [0.25, 0.3) is 0 Å². The molecule has 0 radical (unpaired) electrons. The molecule has 0 fully saturated rings. The fraction of sp³-hybridized carbons (Fsp3) is 0.167. The summed E-state index contributed by atoms with van der Waals surface area (Å²) in [6.45, 7) is 0. The minimum Gasteiger partial charge on any atom is -0.323 e. The molecule has 2 aromatic rings. The number of benzene rings is 1. The van der Waals surface area contributed by atoms with Crippen LogP contribution in [0.15, 0.2) is 34.1 Å². The molecule has 1 atom stereocenters. The van der Waals surface area contributed by atoms with Crippen LogP contribution in [0.5, 0.6) is 0 Å². The lowest BCUT2D eigenvalue weighted by atomic mass is 10.1. The lowest BCUT2D eigenvalue weighted by Crippen LogP contribution is -2.12. The fourth-order valence-electron chi connectivity index (χ4n) is 1.56. The molecule has 0 spiro atoms. The number of thiophene rings is 1. The third-order valence-electron chi connectivity index (χ3n) is 2.40. The Bertz CT molecular complexity index is 529.